The van der Waals surface area contributed by atoms with E-state index in [0.29, 0.717) is 6.61 Å². The van der Waals surface area contributed by atoms with Crippen LogP contribution in [-0.2, 0) is 10.2 Å². The van der Waals surface area contributed by atoms with Gasteiger partial charge in [0.05, 0.1) is 6.61 Å². The van der Waals surface area contributed by atoms with Crippen LogP contribution < -0.4 is 10.6 Å². The largest absolute Gasteiger partial charge is 0.383 e. The van der Waals surface area contributed by atoms with E-state index in [-0.39, 0.29) is 35.4 Å². The molecule has 2 N–H and O–H groups in total. The van der Waals surface area contributed by atoms with E-state index in [1.807, 2.05) is 12.1 Å². The zero-order chi connectivity index (χ0) is 15.9. The third kappa shape index (κ3) is 7.15. The second kappa shape index (κ2) is 10.3. The molecule has 1 rings (SSSR count). The Kier molecular flexibility index (Phi) is 10.0. The molecule has 0 spiro atoms. The van der Waals surface area contributed by atoms with E-state index in [0.717, 1.165) is 17.5 Å². The predicted octanol–water partition coefficient (Wildman–Crippen LogP) is 3.44. The molecule has 126 valence electrons. The molecule has 0 saturated heterocycles. The SMILES string of the molecule is CN=C(NCC(C)(C)c1ccc(Cl)cc1)NC(C)COC.I. The van der Waals surface area contributed by atoms with Crippen molar-refractivity contribution in [1.29, 1.82) is 0 Å². The Labute approximate surface area is 156 Å². The van der Waals surface area contributed by atoms with Crippen molar-refractivity contribution in [3.63, 3.8) is 0 Å². The number of rotatable bonds is 6. The Morgan fingerprint density at radius 3 is 2.41 bits per heavy atom. The number of hydrogen-bond acceptors (Lipinski definition) is 2. The van der Waals surface area contributed by atoms with Crippen molar-refractivity contribution in [1.82, 2.24) is 10.6 Å². The molecule has 0 fully saturated rings. The van der Waals surface area contributed by atoms with Gasteiger partial charge in [0.2, 0.25) is 0 Å². The summed E-state index contributed by atoms with van der Waals surface area (Å²) in [4.78, 5) is 4.24. The summed E-state index contributed by atoms with van der Waals surface area (Å²) in [6, 6.07) is 8.18. The molecular weight excluding hydrogens is 413 g/mol. The van der Waals surface area contributed by atoms with E-state index < -0.39 is 0 Å². The first-order chi connectivity index (χ1) is 9.89. The average Bonchev–Trinajstić information content (AvgIpc) is 2.44. The normalized spacial score (nSPS) is 13.3. The van der Waals surface area contributed by atoms with Crippen LogP contribution in [0, 0.1) is 0 Å². The van der Waals surface area contributed by atoms with Gasteiger partial charge in [-0.3, -0.25) is 4.99 Å². The minimum absolute atomic E-state index is 0. The van der Waals surface area contributed by atoms with E-state index >= 15 is 0 Å². The van der Waals surface area contributed by atoms with Gasteiger partial charge >= 0.3 is 0 Å². The lowest BCUT2D eigenvalue weighted by Crippen LogP contribution is -2.47. The van der Waals surface area contributed by atoms with Crippen LogP contribution >= 0.6 is 35.6 Å². The van der Waals surface area contributed by atoms with Crippen molar-refractivity contribution in [2.45, 2.75) is 32.2 Å². The van der Waals surface area contributed by atoms with E-state index in [1.165, 1.54) is 5.56 Å². The first-order valence-electron chi connectivity index (χ1n) is 7.11. The highest BCUT2D eigenvalue weighted by molar-refractivity contribution is 14.0. The summed E-state index contributed by atoms with van der Waals surface area (Å²) in [6.07, 6.45) is 0. The van der Waals surface area contributed by atoms with Gasteiger partial charge in [-0.1, -0.05) is 37.6 Å². The summed E-state index contributed by atoms with van der Waals surface area (Å²) in [5.74, 6) is 0.779. The van der Waals surface area contributed by atoms with Crippen molar-refractivity contribution in [3.05, 3.63) is 34.9 Å². The van der Waals surface area contributed by atoms with Crippen LogP contribution in [0.4, 0.5) is 0 Å². The second-order valence-electron chi connectivity index (χ2n) is 5.82. The van der Waals surface area contributed by atoms with Gasteiger partial charge in [-0.2, -0.15) is 0 Å². The highest BCUT2D eigenvalue weighted by Gasteiger charge is 2.21. The Morgan fingerprint density at radius 2 is 1.91 bits per heavy atom. The number of halogens is 2. The Hall–Kier alpha value is -0.530. The van der Waals surface area contributed by atoms with Crippen molar-refractivity contribution in [3.8, 4) is 0 Å². The van der Waals surface area contributed by atoms with Crippen LogP contribution in [-0.4, -0.2) is 39.3 Å². The fourth-order valence-electron chi connectivity index (χ4n) is 2.03. The summed E-state index contributed by atoms with van der Waals surface area (Å²) in [6.45, 7) is 7.85. The van der Waals surface area contributed by atoms with Gasteiger partial charge in [-0.05, 0) is 24.6 Å². The van der Waals surface area contributed by atoms with Gasteiger partial charge in [0, 0.05) is 37.2 Å². The van der Waals surface area contributed by atoms with Crippen LogP contribution in [0.5, 0.6) is 0 Å². The number of nitrogens with zero attached hydrogens (tertiary/aromatic N) is 1. The van der Waals surface area contributed by atoms with Gasteiger partial charge in [0.15, 0.2) is 5.96 Å². The summed E-state index contributed by atoms with van der Waals surface area (Å²) in [5, 5.41) is 7.41. The molecule has 0 saturated carbocycles. The summed E-state index contributed by atoms with van der Waals surface area (Å²) in [7, 11) is 3.46. The van der Waals surface area contributed by atoms with Gasteiger partial charge in [-0.15, -0.1) is 24.0 Å². The van der Waals surface area contributed by atoms with Gasteiger partial charge < -0.3 is 15.4 Å². The lowest BCUT2D eigenvalue weighted by atomic mass is 9.85. The maximum atomic E-state index is 5.94. The molecule has 1 unspecified atom stereocenters. The second-order valence-corrected chi connectivity index (χ2v) is 6.25. The van der Waals surface area contributed by atoms with Crippen molar-refractivity contribution in [2.75, 3.05) is 27.3 Å². The maximum Gasteiger partial charge on any atom is 0.191 e. The fraction of sp³-hybridized carbons (Fsp3) is 0.562. The molecule has 0 aliphatic heterocycles. The topological polar surface area (TPSA) is 45.7 Å². The number of hydrogen-bond donors (Lipinski definition) is 2. The molecule has 1 aromatic carbocycles. The third-order valence-electron chi connectivity index (χ3n) is 3.35. The van der Waals surface area contributed by atoms with E-state index in [1.54, 1.807) is 14.2 Å². The molecule has 0 bridgehead atoms. The van der Waals surface area contributed by atoms with Crippen LogP contribution in [0.25, 0.3) is 0 Å². The first-order valence-corrected chi connectivity index (χ1v) is 7.49. The standard InChI is InChI=1S/C16H26ClN3O.HI/c1-12(10-21-5)20-15(18-4)19-11-16(2,3)13-6-8-14(17)9-7-13;/h6-9,12H,10-11H2,1-5H3,(H2,18,19,20);1H. The molecule has 0 aliphatic carbocycles. The monoisotopic (exact) mass is 439 g/mol. The third-order valence-corrected chi connectivity index (χ3v) is 3.60. The molecule has 0 radical (unpaired) electrons. The van der Waals surface area contributed by atoms with Crippen LogP contribution in [0.15, 0.2) is 29.3 Å². The number of nitrogens with one attached hydrogen (secondary N) is 2. The number of benzene rings is 1. The summed E-state index contributed by atoms with van der Waals surface area (Å²) in [5.41, 5.74) is 1.21. The molecule has 0 aliphatic rings. The zero-order valence-corrected chi connectivity index (χ0v) is 17.0. The lowest BCUT2D eigenvalue weighted by molar-refractivity contribution is 0.179. The van der Waals surface area contributed by atoms with Gasteiger partial charge in [0.1, 0.15) is 0 Å². The minimum atomic E-state index is -0.0211. The van der Waals surface area contributed by atoms with E-state index in [9.17, 15) is 0 Å². The molecule has 1 atom stereocenters. The quantitative estimate of drug-likeness (QED) is 0.405. The van der Waals surface area contributed by atoms with E-state index in [2.05, 4.69) is 48.5 Å². The minimum Gasteiger partial charge on any atom is -0.383 e. The molecule has 0 aromatic heterocycles. The van der Waals surface area contributed by atoms with Crippen LogP contribution in [0.3, 0.4) is 0 Å². The van der Waals surface area contributed by atoms with Crippen molar-refractivity contribution >= 4 is 41.5 Å². The predicted molar refractivity (Wildman–Crippen MR) is 106 cm³/mol. The number of methoxy groups -OCH3 is 1. The molecule has 4 nitrogen and oxygen atoms in total. The highest BCUT2D eigenvalue weighted by Crippen LogP contribution is 2.23. The first kappa shape index (κ1) is 21.5. The number of guanidine groups is 1. The number of ether oxygens (including phenoxy) is 1. The lowest BCUT2D eigenvalue weighted by Gasteiger charge is -2.27. The van der Waals surface area contributed by atoms with Gasteiger partial charge in [0.25, 0.3) is 0 Å². The smallest absolute Gasteiger partial charge is 0.191 e. The zero-order valence-electron chi connectivity index (χ0n) is 13.9. The fourth-order valence-corrected chi connectivity index (χ4v) is 2.15. The Bertz CT molecular complexity index is 463. The number of aliphatic imine (C=N–C) groups is 1. The van der Waals surface area contributed by atoms with Crippen molar-refractivity contribution in [2.24, 2.45) is 4.99 Å². The molecule has 0 amide bonds. The molecule has 22 heavy (non-hydrogen) atoms. The molecular formula is C16H27ClIN3O. The summed E-state index contributed by atoms with van der Waals surface area (Å²) < 4.78 is 5.12. The molecule has 6 heteroatoms. The van der Waals surface area contributed by atoms with Gasteiger partial charge in [-0.25, -0.2) is 0 Å². The van der Waals surface area contributed by atoms with E-state index in [4.69, 9.17) is 16.3 Å². The average molecular weight is 440 g/mol. The highest BCUT2D eigenvalue weighted by atomic mass is 127. The molecule has 1 aromatic rings. The molecule has 0 heterocycles. The summed E-state index contributed by atoms with van der Waals surface area (Å²) >= 11 is 5.94. The van der Waals surface area contributed by atoms with Crippen LogP contribution in [0.1, 0.15) is 26.3 Å². The maximum absolute atomic E-state index is 5.94. The Balaban J connectivity index is 0.00000441. The van der Waals surface area contributed by atoms with Crippen LogP contribution in [0.2, 0.25) is 5.02 Å². The Morgan fingerprint density at radius 1 is 1.32 bits per heavy atom. The van der Waals surface area contributed by atoms with Crippen molar-refractivity contribution < 1.29 is 4.74 Å².